The van der Waals surface area contributed by atoms with Gasteiger partial charge >= 0.3 is 0 Å². The average molecular weight is 483 g/mol. The molecule has 2 saturated heterocycles. The standard InChI is InChI=1S/C28H38O5Si/c1-27(2,3)34(23-12-8-6-9-13-23,24-14-10-7-11-15-24)33-22-18-21(16-17-29)31-25(19-22)26-20-30-28(4,5)32-26/h6-15,17,21-22,25-26H,16,18-20H2,1-5H3/t21-,22-,25-,26+/m1/s1. The Bertz CT molecular complexity index is 901. The first-order valence-electron chi connectivity index (χ1n) is 12.3. The maximum Gasteiger partial charge on any atom is 0.261 e. The van der Waals surface area contributed by atoms with Gasteiger partial charge in [-0.1, -0.05) is 81.4 Å². The highest BCUT2D eigenvalue weighted by Gasteiger charge is 2.53. The van der Waals surface area contributed by atoms with Crippen LogP contribution in [0.1, 0.15) is 53.9 Å². The third-order valence-corrected chi connectivity index (χ3v) is 12.0. The molecule has 4 rings (SSSR count). The molecule has 0 N–H and O–H groups in total. The molecule has 0 bridgehead atoms. The number of benzene rings is 2. The van der Waals surface area contributed by atoms with Gasteiger partial charge in [0.15, 0.2) is 5.79 Å². The molecular formula is C28H38O5Si. The molecule has 34 heavy (non-hydrogen) atoms. The third-order valence-electron chi connectivity index (χ3n) is 6.95. The zero-order valence-corrected chi connectivity index (χ0v) is 22.0. The normalized spacial score (nSPS) is 27.4. The summed E-state index contributed by atoms with van der Waals surface area (Å²) in [7, 11) is -2.70. The van der Waals surface area contributed by atoms with Crippen molar-refractivity contribution in [2.45, 2.75) is 89.1 Å². The number of ether oxygens (including phenoxy) is 3. The van der Waals surface area contributed by atoms with Crippen LogP contribution in [0.3, 0.4) is 0 Å². The number of carbonyl (C=O) groups is 1. The van der Waals surface area contributed by atoms with Gasteiger partial charge in [0, 0.05) is 12.8 Å². The van der Waals surface area contributed by atoms with Crippen LogP contribution in [0.5, 0.6) is 0 Å². The Kier molecular flexibility index (Phi) is 7.46. The molecule has 2 aliphatic heterocycles. The molecule has 2 fully saturated rings. The minimum Gasteiger partial charge on any atom is -0.404 e. The van der Waals surface area contributed by atoms with E-state index in [0.29, 0.717) is 25.9 Å². The first-order valence-corrected chi connectivity index (χ1v) is 14.3. The van der Waals surface area contributed by atoms with Gasteiger partial charge in [-0.25, -0.2) is 0 Å². The quantitative estimate of drug-likeness (QED) is 0.437. The van der Waals surface area contributed by atoms with Crippen molar-refractivity contribution in [3.8, 4) is 0 Å². The average Bonchev–Trinajstić information content (AvgIpc) is 3.17. The second kappa shape index (κ2) is 10.0. The summed E-state index contributed by atoms with van der Waals surface area (Å²) in [6.07, 6.45) is 2.12. The van der Waals surface area contributed by atoms with Crippen molar-refractivity contribution in [2.75, 3.05) is 6.61 Å². The van der Waals surface area contributed by atoms with E-state index in [9.17, 15) is 4.79 Å². The summed E-state index contributed by atoms with van der Waals surface area (Å²) in [4.78, 5) is 11.4. The zero-order chi connectivity index (χ0) is 24.4. The minimum absolute atomic E-state index is 0.0534. The molecule has 5 nitrogen and oxygen atoms in total. The molecular weight excluding hydrogens is 444 g/mol. The van der Waals surface area contributed by atoms with Gasteiger partial charge in [0.05, 0.1) is 24.9 Å². The van der Waals surface area contributed by atoms with E-state index in [-0.39, 0.29) is 29.5 Å². The molecule has 184 valence electrons. The van der Waals surface area contributed by atoms with Crippen molar-refractivity contribution < 1.29 is 23.4 Å². The van der Waals surface area contributed by atoms with Gasteiger partial charge in [-0.05, 0) is 35.7 Å². The molecule has 0 radical (unpaired) electrons. The van der Waals surface area contributed by atoms with E-state index in [2.05, 4.69) is 81.4 Å². The van der Waals surface area contributed by atoms with E-state index in [1.807, 2.05) is 13.8 Å². The Hall–Kier alpha value is -1.83. The van der Waals surface area contributed by atoms with Crippen LogP contribution in [0.15, 0.2) is 60.7 Å². The van der Waals surface area contributed by atoms with E-state index >= 15 is 0 Å². The van der Waals surface area contributed by atoms with Crippen LogP contribution >= 0.6 is 0 Å². The van der Waals surface area contributed by atoms with Gasteiger partial charge < -0.3 is 23.4 Å². The van der Waals surface area contributed by atoms with E-state index in [4.69, 9.17) is 18.6 Å². The summed E-state index contributed by atoms with van der Waals surface area (Å²) in [5, 5.41) is 2.40. The topological polar surface area (TPSA) is 54.0 Å². The van der Waals surface area contributed by atoms with Crippen LogP contribution in [0, 0.1) is 0 Å². The minimum atomic E-state index is -2.70. The maximum atomic E-state index is 11.4. The second-order valence-electron chi connectivity index (χ2n) is 10.9. The van der Waals surface area contributed by atoms with Crippen LogP contribution in [0.25, 0.3) is 0 Å². The molecule has 2 aromatic rings. The zero-order valence-electron chi connectivity index (χ0n) is 21.0. The maximum absolute atomic E-state index is 11.4. The van der Waals surface area contributed by atoms with Crippen molar-refractivity contribution in [1.29, 1.82) is 0 Å². The van der Waals surface area contributed by atoms with E-state index in [0.717, 1.165) is 6.29 Å². The van der Waals surface area contributed by atoms with Gasteiger partial charge in [0.1, 0.15) is 12.4 Å². The number of hydrogen-bond donors (Lipinski definition) is 0. The number of rotatable bonds is 7. The van der Waals surface area contributed by atoms with Gasteiger partial charge in [-0.2, -0.15) is 0 Å². The molecule has 2 aliphatic rings. The highest BCUT2D eigenvalue weighted by molar-refractivity contribution is 6.99. The van der Waals surface area contributed by atoms with E-state index in [1.165, 1.54) is 10.4 Å². The predicted octanol–water partition coefficient (Wildman–Crippen LogP) is 4.22. The predicted molar refractivity (Wildman–Crippen MR) is 136 cm³/mol. The summed E-state index contributed by atoms with van der Waals surface area (Å²) in [5.74, 6) is -0.625. The lowest BCUT2D eigenvalue weighted by Crippen LogP contribution is -2.68. The Labute approximate surface area is 204 Å². The number of carbonyl (C=O) groups excluding carboxylic acids is 1. The fourth-order valence-corrected chi connectivity index (χ4v) is 10.1. The van der Waals surface area contributed by atoms with Crippen molar-refractivity contribution >= 4 is 25.0 Å². The fraction of sp³-hybridized carbons (Fsp3) is 0.536. The summed E-state index contributed by atoms with van der Waals surface area (Å²) < 4.78 is 25.7. The lowest BCUT2D eigenvalue weighted by atomic mass is 9.96. The SMILES string of the molecule is CC1(C)OC[C@@H]([C@H]2C[C@H](O[Si](c3ccccc3)(c3ccccc3)C(C)(C)C)C[C@@H](CC=O)O2)O1. The molecule has 4 atom stereocenters. The van der Waals surface area contributed by atoms with Crippen LogP contribution in [-0.2, 0) is 23.4 Å². The Morgan fingerprint density at radius 1 is 0.971 bits per heavy atom. The largest absolute Gasteiger partial charge is 0.404 e. The number of hydrogen-bond acceptors (Lipinski definition) is 5. The first kappa shape index (κ1) is 25.3. The summed E-state index contributed by atoms with van der Waals surface area (Å²) >= 11 is 0. The van der Waals surface area contributed by atoms with Gasteiger partial charge in [0.2, 0.25) is 0 Å². The molecule has 0 spiro atoms. The molecule has 0 unspecified atom stereocenters. The lowest BCUT2D eigenvalue weighted by molar-refractivity contribution is -0.180. The molecule has 0 aromatic heterocycles. The van der Waals surface area contributed by atoms with Crippen molar-refractivity contribution in [2.24, 2.45) is 0 Å². The summed E-state index contributed by atoms with van der Waals surface area (Å²) in [5.41, 5.74) is 0. The Balaban J connectivity index is 1.72. The van der Waals surface area contributed by atoms with Crippen molar-refractivity contribution in [1.82, 2.24) is 0 Å². The highest BCUT2D eigenvalue weighted by atomic mass is 28.4. The Morgan fingerprint density at radius 3 is 2.03 bits per heavy atom. The monoisotopic (exact) mass is 482 g/mol. The highest BCUT2D eigenvalue weighted by Crippen LogP contribution is 2.40. The first-order chi connectivity index (χ1) is 16.1. The van der Waals surface area contributed by atoms with Crippen molar-refractivity contribution in [3.05, 3.63) is 60.7 Å². The summed E-state index contributed by atoms with van der Waals surface area (Å²) in [6.45, 7) is 11.2. The molecule has 0 aliphatic carbocycles. The van der Waals surface area contributed by atoms with E-state index < -0.39 is 14.1 Å². The van der Waals surface area contributed by atoms with Crippen molar-refractivity contribution in [3.63, 3.8) is 0 Å². The summed E-state index contributed by atoms with van der Waals surface area (Å²) in [6, 6.07) is 21.3. The lowest BCUT2D eigenvalue weighted by Gasteiger charge is -2.47. The second-order valence-corrected chi connectivity index (χ2v) is 15.2. The van der Waals surface area contributed by atoms with Gasteiger partial charge in [-0.3, -0.25) is 0 Å². The smallest absolute Gasteiger partial charge is 0.261 e. The molecule has 0 amide bonds. The molecule has 2 aromatic carbocycles. The molecule has 6 heteroatoms. The third kappa shape index (κ3) is 5.21. The fourth-order valence-electron chi connectivity index (χ4n) is 5.44. The molecule has 0 saturated carbocycles. The van der Waals surface area contributed by atoms with Gasteiger partial charge in [-0.15, -0.1) is 0 Å². The Morgan fingerprint density at radius 2 is 1.56 bits per heavy atom. The van der Waals surface area contributed by atoms with Gasteiger partial charge in [0.25, 0.3) is 8.32 Å². The van der Waals surface area contributed by atoms with E-state index in [1.54, 1.807) is 0 Å². The van der Waals surface area contributed by atoms with Crippen LogP contribution in [0.2, 0.25) is 5.04 Å². The van der Waals surface area contributed by atoms with Crippen LogP contribution < -0.4 is 10.4 Å². The molecule has 2 heterocycles. The van der Waals surface area contributed by atoms with Crippen LogP contribution in [0.4, 0.5) is 0 Å². The number of aldehydes is 1. The van der Waals surface area contributed by atoms with Crippen LogP contribution in [-0.4, -0.2) is 51.4 Å².